The van der Waals surface area contributed by atoms with E-state index in [4.69, 9.17) is 14.2 Å². The number of carbonyl (C=O) groups excluding carboxylic acids is 2. The third-order valence-corrected chi connectivity index (χ3v) is 3.90. The monoisotopic (exact) mass is 382 g/mol. The third kappa shape index (κ3) is 5.74. The molecule has 0 unspecified atom stereocenters. The highest BCUT2D eigenvalue weighted by atomic mass is 16.5. The van der Waals surface area contributed by atoms with Gasteiger partial charge in [0, 0.05) is 11.6 Å². The van der Waals surface area contributed by atoms with Crippen molar-refractivity contribution in [3.05, 3.63) is 59.7 Å². The topological polar surface area (TPSA) is 82.1 Å². The number of aromatic hydroxyl groups is 1. The van der Waals surface area contributed by atoms with Crippen molar-refractivity contribution < 1.29 is 28.9 Å². The van der Waals surface area contributed by atoms with Crippen LogP contribution in [-0.2, 0) is 9.59 Å². The quantitative estimate of drug-likeness (QED) is 0.526. The molecule has 1 N–H and O–H groups in total. The molecule has 0 saturated carbocycles. The fourth-order valence-electron chi connectivity index (χ4n) is 2.42. The van der Waals surface area contributed by atoms with Gasteiger partial charge in [0.1, 0.15) is 11.5 Å². The first-order chi connectivity index (χ1) is 13.5. The smallest absolute Gasteiger partial charge is 0.163 e. The van der Waals surface area contributed by atoms with Crippen molar-refractivity contribution >= 4 is 23.7 Å². The second kappa shape index (κ2) is 9.97. The Kier molecular flexibility index (Phi) is 7.39. The molecule has 0 bridgehead atoms. The van der Waals surface area contributed by atoms with E-state index in [-0.39, 0.29) is 23.7 Å². The number of phenolic OH excluding ortho intramolecular Hbond substituents is 1. The molecule has 0 radical (unpaired) electrons. The Morgan fingerprint density at radius 1 is 0.857 bits per heavy atom. The summed E-state index contributed by atoms with van der Waals surface area (Å²) in [7, 11) is 4.53. The Morgan fingerprint density at radius 3 is 2.18 bits per heavy atom. The maximum atomic E-state index is 12.0. The van der Waals surface area contributed by atoms with E-state index in [1.54, 1.807) is 49.6 Å². The minimum Gasteiger partial charge on any atom is -0.504 e. The fourth-order valence-corrected chi connectivity index (χ4v) is 2.42. The molecule has 0 spiro atoms. The summed E-state index contributed by atoms with van der Waals surface area (Å²) in [5, 5.41) is 9.57. The molecule has 6 heteroatoms. The number of carbonyl (C=O) groups is 2. The lowest BCUT2D eigenvalue weighted by Crippen LogP contribution is -2.02. The van der Waals surface area contributed by atoms with E-state index in [1.165, 1.54) is 32.4 Å². The lowest BCUT2D eigenvalue weighted by molar-refractivity contribution is -0.121. The molecular weight excluding hydrogens is 360 g/mol. The molecular formula is C22H22O6. The molecule has 0 saturated heterocycles. The fraction of sp³-hybridized carbons (Fsp3) is 0.182. The average Bonchev–Trinajstić information content (AvgIpc) is 2.71. The number of ether oxygens (including phenoxy) is 3. The molecule has 0 aliphatic rings. The maximum absolute atomic E-state index is 12.0. The second-order valence-corrected chi connectivity index (χ2v) is 5.82. The largest absolute Gasteiger partial charge is 0.504 e. The molecule has 0 aromatic heterocycles. The van der Waals surface area contributed by atoms with E-state index in [0.29, 0.717) is 28.4 Å². The SMILES string of the molecule is COc1ccc(/C=C/C(=O)CC(=O)/C=C/c2ccc(O)c(OC)c2)c(OC)c1. The Hall–Kier alpha value is -3.54. The van der Waals surface area contributed by atoms with Crippen LogP contribution in [0.15, 0.2) is 48.6 Å². The van der Waals surface area contributed by atoms with Crippen LogP contribution in [-0.4, -0.2) is 38.0 Å². The number of rotatable bonds is 9. The van der Waals surface area contributed by atoms with Crippen LogP contribution in [0.25, 0.3) is 12.2 Å². The number of phenols is 1. The molecule has 146 valence electrons. The minimum absolute atomic E-state index is 0.0141. The maximum Gasteiger partial charge on any atom is 0.163 e. The van der Waals surface area contributed by atoms with Crippen LogP contribution in [0.5, 0.6) is 23.0 Å². The van der Waals surface area contributed by atoms with Gasteiger partial charge in [-0.1, -0.05) is 12.1 Å². The average molecular weight is 382 g/mol. The molecule has 0 heterocycles. The highest BCUT2D eigenvalue weighted by Gasteiger charge is 2.06. The second-order valence-electron chi connectivity index (χ2n) is 5.82. The summed E-state index contributed by atoms with van der Waals surface area (Å²) in [6.07, 6.45) is 5.59. The normalized spacial score (nSPS) is 11.0. The predicted octanol–water partition coefficient (Wildman–Crippen LogP) is 3.67. The van der Waals surface area contributed by atoms with Crippen molar-refractivity contribution in [1.82, 2.24) is 0 Å². The number of benzene rings is 2. The van der Waals surface area contributed by atoms with Gasteiger partial charge in [-0.2, -0.15) is 0 Å². The predicted molar refractivity (Wildman–Crippen MR) is 107 cm³/mol. The molecule has 0 aliphatic heterocycles. The van der Waals surface area contributed by atoms with Gasteiger partial charge in [-0.05, 0) is 48.1 Å². The van der Waals surface area contributed by atoms with Crippen molar-refractivity contribution in [3.8, 4) is 23.0 Å². The first-order valence-corrected chi connectivity index (χ1v) is 8.47. The minimum atomic E-state index is -0.330. The molecule has 0 fully saturated rings. The van der Waals surface area contributed by atoms with Gasteiger partial charge < -0.3 is 19.3 Å². The zero-order valence-corrected chi connectivity index (χ0v) is 16.0. The number of ketones is 2. The van der Waals surface area contributed by atoms with Gasteiger partial charge in [0.05, 0.1) is 27.8 Å². The van der Waals surface area contributed by atoms with Gasteiger partial charge in [-0.25, -0.2) is 0 Å². The van der Waals surface area contributed by atoms with E-state index in [0.717, 1.165) is 0 Å². The van der Waals surface area contributed by atoms with Crippen LogP contribution in [0.2, 0.25) is 0 Å². The Morgan fingerprint density at radius 2 is 1.54 bits per heavy atom. The first kappa shape index (κ1) is 20.8. The van der Waals surface area contributed by atoms with Gasteiger partial charge in [-0.15, -0.1) is 0 Å². The van der Waals surface area contributed by atoms with Gasteiger partial charge in [0.2, 0.25) is 0 Å². The molecule has 28 heavy (non-hydrogen) atoms. The van der Waals surface area contributed by atoms with Crippen LogP contribution in [0.4, 0.5) is 0 Å². The number of hydrogen-bond acceptors (Lipinski definition) is 6. The molecule has 0 atom stereocenters. The molecule has 6 nitrogen and oxygen atoms in total. The summed E-state index contributed by atoms with van der Waals surface area (Å²) < 4.78 is 15.4. The lowest BCUT2D eigenvalue weighted by atomic mass is 10.1. The van der Waals surface area contributed by atoms with Crippen LogP contribution in [0.3, 0.4) is 0 Å². The zero-order valence-electron chi connectivity index (χ0n) is 16.0. The van der Waals surface area contributed by atoms with Gasteiger partial charge in [-0.3, -0.25) is 9.59 Å². The number of methoxy groups -OCH3 is 3. The molecule has 0 amide bonds. The highest BCUT2D eigenvalue weighted by Crippen LogP contribution is 2.27. The first-order valence-electron chi connectivity index (χ1n) is 8.47. The summed E-state index contributed by atoms with van der Waals surface area (Å²) >= 11 is 0. The Balaban J connectivity index is 1.99. The molecule has 2 aromatic rings. The van der Waals surface area contributed by atoms with Gasteiger partial charge in [0.25, 0.3) is 0 Å². The lowest BCUT2D eigenvalue weighted by Gasteiger charge is -2.07. The number of allylic oxidation sites excluding steroid dienone is 2. The van der Waals surface area contributed by atoms with Crippen molar-refractivity contribution in [2.75, 3.05) is 21.3 Å². The van der Waals surface area contributed by atoms with E-state index in [9.17, 15) is 14.7 Å². The highest BCUT2D eigenvalue weighted by molar-refractivity contribution is 6.11. The molecule has 2 rings (SSSR count). The third-order valence-electron chi connectivity index (χ3n) is 3.90. The summed E-state index contributed by atoms with van der Waals surface area (Å²) in [6.45, 7) is 0. The molecule has 0 aliphatic carbocycles. The van der Waals surface area contributed by atoms with Gasteiger partial charge >= 0.3 is 0 Å². The summed E-state index contributed by atoms with van der Waals surface area (Å²) in [4.78, 5) is 24.0. The van der Waals surface area contributed by atoms with Crippen molar-refractivity contribution in [1.29, 1.82) is 0 Å². The van der Waals surface area contributed by atoms with Crippen LogP contribution in [0, 0.1) is 0 Å². The summed E-state index contributed by atoms with van der Waals surface area (Å²) in [5.41, 5.74) is 1.38. The van der Waals surface area contributed by atoms with Crippen LogP contribution in [0.1, 0.15) is 17.5 Å². The van der Waals surface area contributed by atoms with Gasteiger partial charge in [0.15, 0.2) is 23.1 Å². The molecule has 2 aromatic carbocycles. The van der Waals surface area contributed by atoms with Crippen LogP contribution >= 0.6 is 0 Å². The summed E-state index contributed by atoms with van der Waals surface area (Å²) in [5.74, 6) is 0.879. The van der Waals surface area contributed by atoms with Crippen molar-refractivity contribution in [3.63, 3.8) is 0 Å². The number of hydrogen-bond donors (Lipinski definition) is 1. The van der Waals surface area contributed by atoms with Crippen molar-refractivity contribution in [2.45, 2.75) is 6.42 Å². The zero-order chi connectivity index (χ0) is 20.5. The van der Waals surface area contributed by atoms with Crippen molar-refractivity contribution in [2.24, 2.45) is 0 Å². The van der Waals surface area contributed by atoms with E-state index in [1.807, 2.05) is 0 Å². The standard InChI is InChI=1S/C22H22O6/c1-26-19-10-7-16(21(14-19)27-2)6-9-18(24)13-17(23)8-4-15-5-11-20(25)22(12-15)28-3/h4-12,14,25H,13H2,1-3H3/b8-4+,9-6+. The summed E-state index contributed by atoms with van der Waals surface area (Å²) in [6, 6.07) is 9.94. The Labute approximate surface area is 163 Å². The van der Waals surface area contributed by atoms with Crippen LogP contribution < -0.4 is 14.2 Å². The van der Waals surface area contributed by atoms with E-state index >= 15 is 0 Å². The van der Waals surface area contributed by atoms with E-state index in [2.05, 4.69) is 0 Å². The van der Waals surface area contributed by atoms with E-state index < -0.39 is 0 Å². The Bertz CT molecular complexity index is 911.